The van der Waals surface area contributed by atoms with Crippen LogP contribution >= 0.6 is 0 Å². The largest absolute Gasteiger partial charge is 0.314 e. The van der Waals surface area contributed by atoms with Crippen molar-refractivity contribution >= 4 is 0 Å². The van der Waals surface area contributed by atoms with Crippen LogP contribution in [0.1, 0.15) is 39.0 Å². The molecule has 1 heterocycles. The molecule has 2 atom stereocenters. The molecule has 0 aromatic carbocycles. The van der Waals surface area contributed by atoms with Gasteiger partial charge in [0, 0.05) is 25.0 Å². The predicted octanol–water partition coefficient (Wildman–Crippen LogP) is 2.44. The van der Waals surface area contributed by atoms with Crippen LogP contribution in [0.2, 0.25) is 0 Å². The molecule has 0 spiro atoms. The Hall–Kier alpha value is -0.830. The molecule has 1 aromatic heterocycles. The first kappa shape index (κ1) is 11.6. The molecular formula is C13H23N3. The predicted molar refractivity (Wildman–Crippen MR) is 66.3 cm³/mol. The quantitative estimate of drug-likeness (QED) is 0.748. The van der Waals surface area contributed by atoms with Crippen LogP contribution in [-0.4, -0.2) is 22.4 Å². The highest BCUT2D eigenvalue weighted by Crippen LogP contribution is 2.27. The molecule has 90 valence electrons. The van der Waals surface area contributed by atoms with Gasteiger partial charge in [-0.05, 0) is 44.2 Å². The van der Waals surface area contributed by atoms with E-state index in [1.807, 2.05) is 23.1 Å². The third-order valence-electron chi connectivity index (χ3n) is 3.67. The molecule has 1 aliphatic rings. The molecular weight excluding hydrogens is 198 g/mol. The second-order valence-corrected chi connectivity index (χ2v) is 4.86. The maximum Gasteiger partial charge on any atom is 0.0489 e. The summed E-state index contributed by atoms with van der Waals surface area (Å²) >= 11 is 0. The van der Waals surface area contributed by atoms with Crippen molar-refractivity contribution in [1.29, 1.82) is 0 Å². The SMILES string of the molecule is CCC1CCC(NCCCn2cccn2)C1. The van der Waals surface area contributed by atoms with E-state index in [2.05, 4.69) is 17.3 Å². The fourth-order valence-corrected chi connectivity index (χ4v) is 2.61. The number of aromatic nitrogens is 2. The minimum absolute atomic E-state index is 0.780. The van der Waals surface area contributed by atoms with Gasteiger partial charge in [-0.1, -0.05) is 13.3 Å². The first-order chi connectivity index (χ1) is 7.88. The molecule has 0 radical (unpaired) electrons. The smallest absolute Gasteiger partial charge is 0.0489 e. The van der Waals surface area contributed by atoms with Gasteiger partial charge in [0.05, 0.1) is 0 Å². The zero-order valence-corrected chi connectivity index (χ0v) is 10.2. The van der Waals surface area contributed by atoms with Crippen LogP contribution in [0.4, 0.5) is 0 Å². The number of rotatable bonds is 6. The Bertz CT molecular complexity index is 281. The molecule has 16 heavy (non-hydrogen) atoms. The topological polar surface area (TPSA) is 29.9 Å². The molecule has 1 aromatic rings. The molecule has 0 saturated heterocycles. The van der Waals surface area contributed by atoms with Crippen LogP contribution in [-0.2, 0) is 6.54 Å². The Morgan fingerprint density at radius 2 is 2.38 bits per heavy atom. The van der Waals surface area contributed by atoms with Crippen molar-refractivity contribution in [2.24, 2.45) is 5.92 Å². The second kappa shape index (κ2) is 6.04. The van der Waals surface area contributed by atoms with Crippen molar-refractivity contribution in [3.63, 3.8) is 0 Å². The number of hydrogen-bond acceptors (Lipinski definition) is 2. The summed E-state index contributed by atoms with van der Waals surface area (Å²) < 4.78 is 2.01. The lowest BCUT2D eigenvalue weighted by atomic mass is 10.1. The molecule has 3 heteroatoms. The maximum absolute atomic E-state index is 4.20. The molecule has 0 amide bonds. The van der Waals surface area contributed by atoms with Gasteiger partial charge in [0.15, 0.2) is 0 Å². The van der Waals surface area contributed by atoms with Crippen LogP contribution in [0, 0.1) is 5.92 Å². The van der Waals surface area contributed by atoms with Crippen molar-refractivity contribution in [2.75, 3.05) is 6.54 Å². The average Bonchev–Trinajstić information content (AvgIpc) is 2.95. The van der Waals surface area contributed by atoms with E-state index < -0.39 is 0 Å². The lowest BCUT2D eigenvalue weighted by Gasteiger charge is -2.12. The molecule has 1 saturated carbocycles. The lowest BCUT2D eigenvalue weighted by Crippen LogP contribution is -2.28. The first-order valence-electron chi connectivity index (χ1n) is 6.59. The van der Waals surface area contributed by atoms with Crippen LogP contribution < -0.4 is 5.32 Å². The summed E-state index contributed by atoms with van der Waals surface area (Å²) in [7, 11) is 0. The average molecular weight is 221 g/mol. The van der Waals surface area contributed by atoms with E-state index in [0.29, 0.717) is 0 Å². The summed E-state index contributed by atoms with van der Waals surface area (Å²) in [6.45, 7) is 4.47. The van der Waals surface area contributed by atoms with E-state index in [0.717, 1.165) is 25.0 Å². The van der Waals surface area contributed by atoms with Crippen molar-refractivity contribution in [2.45, 2.75) is 51.6 Å². The minimum atomic E-state index is 0.780. The van der Waals surface area contributed by atoms with Gasteiger partial charge in [0.1, 0.15) is 0 Å². The summed E-state index contributed by atoms with van der Waals surface area (Å²) in [5.74, 6) is 0.976. The van der Waals surface area contributed by atoms with E-state index in [1.54, 1.807) is 0 Å². The standard InChI is InChI=1S/C13H23N3/c1-2-12-5-6-13(11-12)14-7-3-9-16-10-4-8-15-16/h4,8,10,12-14H,2-3,5-7,9,11H2,1H3. The Kier molecular flexibility index (Phi) is 4.40. The number of nitrogens with one attached hydrogen (secondary N) is 1. The molecule has 2 unspecified atom stereocenters. The lowest BCUT2D eigenvalue weighted by molar-refractivity contribution is 0.458. The van der Waals surface area contributed by atoms with Gasteiger partial charge in [-0.15, -0.1) is 0 Å². The minimum Gasteiger partial charge on any atom is -0.314 e. The van der Waals surface area contributed by atoms with Crippen LogP contribution in [0.25, 0.3) is 0 Å². The summed E-state index contributed by atoms with van der Waals surface area (Å²) in [6.07, 6.45) is 10.6. The van der Waals surface area contributed by atoms with Gasteiger partial charge in [0.25, 0.3) is 0 Å². The molecule has 0 bridgehead atoms. The summed E-state index contributed by atoms with van der Waals surface area (Å²) in [4.78, 5) is 0. The van der Waals surface area contributed by atoms with Crippen molar-refractivity contribution in [3.8, 4) is 0 Å². The number of hydrogen-bond donors (Lipinski definition) is 1. The fraction of sp³-hybridized carbons (Fsp3) is 0.769. The third-order valence-corrected chi connectivity index (χ3v) is 3.67. The van der Waals surface area contributed by atoms with E-state index in [4.69, 9.17) is 0 Å². The Morgan fingerprint density at radius 3 is 3.06 bits per heavy atom. The summed E-state index contributed by atoms with van der Waals surface area (Å²) in [5, 5.41) is 7.87. The Labute approximate surface area is 98.2 Å². The van der Waals surface area contributed by atoms with Gasteiger partial charge in [-0.2, -0.15) is 5.10 Å². The molecule has 1 aliphatic carbocycles. The third kappa shape index (κ3) is 3.34. The van der Waals surface area contributed by atoms with E-state index in [-0.39, 0.29) is 0 Å². The van der Waals surface area contributed by atoms with Crippen LogP contribution in [0.15, 0.2) is 18.5 Å². The van der Waals surface area contributed by atoms with Crippen LogP contribution in [0.3, 0.4) is 0 Å². The second-order valence-electron chi connectivity index (χ2n) is 4.86. The van der Waals surface area contributed by atoms with Gasteiger partial charge >= 0.3 is 0 Å². The van der Waals surface area contributed by atoms with E-state index >= 15 is 0 Å². The maximum atomic E-state index is 4.20. The normalized spacial score (nSPS) is 25.1. The molecule has 3 nitrogen and oxygen atoms in total. The number of nitrogens with zero attached hydrogens (tertiary/aromatic N) is 2. The molecule has 1 N–H and O–H groups in total. The first-order valence-corrected chi connectivity index (χ1v) is 6.59. The van der Waals surface area contributed by atoms with Gasteiger partial charge in [0.2, 0.25) is 0 Å². The van der Waals surface area contributed by atoms with Gasteiger partial charge < -0.3 is 5.32 Å². The summed E-state index contributed by atoms with van der Waals surface area (Å²) in [6, 6.07) is 2.76. The van der Waals surface area contributed by atoms with Crippen molar-refractivity contribution < 1.29 is 0 Å². The molecule has 0 aliphatic heterocycles. The number of aryl methyl sites for hydroxylation is 1. The van der Waals surface area contributed by atoms with E-state index in [1.165, 1.54) is 32.1 Å². The van der Waals surface area contributed by atoms with Gasteiger partial charge in [-0.3, -0.25) is 4.68 Å². The monoisotopic (exact) mass is 221 g/mol. The van der Waals surface area contributed by atoms with Crippen molar-refractivity contribution in [3.05, 3.63) is 18.5 Å². The highest BCUT2D eigenvalue weighted by Gasteiger charge is 2.22. The molecule has 2 rings (SSSR count). The zero-order valence-electron chi connectivity index (χ0n) is 10.2. The highest BCUT2D eigenvalue weighted by atomic mass is 15.3. The van der Waals surface area contributed by atoms with E-state index in [9.17, 15) is 0 Å². The Morgan fingerprint density at radius 1 is 1.44 bits per heavy atom. The van der Waals surface area contributed by atoms with Gasteiger partial charge in [-0.25, -0.2) is 0 Å². The molecule has 1 fully saturated rings. The fourth-order valence-electron chi connectivity index (χ4n) is 2.61. The summed E-state index contributed by atoms with van der Waals surface area (Å²) in [5.41, 5.74) is 0. The Balaban J connectivity index is 1.55. The zero-order chi connectivity index (χ0) is 11.2. The van der Waals surface area contributed by atoms with Crippen molar-refractivity contribution in [1.82, 2.24) is 15.1 Å². The highest BCUT2D eigenvalue weighted by molar-refractivity contribution is 4.80. The van der Waals surface area contributed by atoms with Crippen LogP contribution in [0.5, 0.6) is 0 Å².